The first-order valence-corrected chi connectivity index (χ1v) is 9.63. The van der Waals surface area contributed by atoms with Crippen molar-refractivity contribution in [3.63, 3.8) is 0 Å². The van der Waals surface area contributed by atoms with Gasteiger partial charge in [-0.3, -0.25) is 14.4 Å². The predicted molar refractivity (Wildman–Crippen MR) is 108 cm³/mol. The Labute approximate surface area is 180 Å². The number of ether oxygens (including phenoxy) is 1. The fourth-order valence-corrected chi connectivity index (χ4v) is 3.37. The van der Waals surface area contributed by atoms with Crippen LogP contribution in [0, 0.1) is 12.8 Å². The second kappa shape index (κ2) is 8.97. The molecule has 1 atom stereocenters. The Morgan fingerprint density at radius 1 is 1.23 bits per heavy atom. The summed E-state index contributed by atoms with van der Waals surface area (Å²) in [5.74, 6) is -2.59. The summed E-state index contributed by atoms with van der Waals surface area (Å²) in [5, 5.41) is 2.10. The van der Waals surface area contributed by atoms with E-state index in [4.69, 9.17) is 16.3 Å². The number of nitrogens with zero attached hydrogens (tertiary/aromatic N) is 1. The number of esters is 1. The zero-order valence-corrected chi connectivity index (χ0v) is 17.1. The van der Waals surface area contributed by atoms with Gasteiger partial charge in [0.1, 0.15) is 0 Å². The molecule has 1 aliphatic heterocycles. The number of carbonyl (C=O) groups is 3. The molecule has 1 saturated heterocycles. The molecule has 6 nitrogen and oxygen atoms in total. The summed E-state index contributed by atoms with van der Waals surface area (Å²) in [4.78, 5) is 38.1. The molecule has 0 radical (unpaired) electrons. The van der Waals surface area contributed by atoms with Gasteiger partial charge >= 0.3 is 12.1 Å². The fourth-order valence-electron chi connectivity index (χ4n) is 3.20. The molecular weight excluding hydrogens is 437 g/mol. The van der Waals surface area contributed by atoms with Gasteiger partial charge in [0.2, 0.25) is 5.91 Å². The van der Waals surface area contributed by atoms with Crippen molar-refractivity contribution < 1.29 is 32.3 Å². The molecule has 3 rings (SSSR count). The maximum atomic E-state index is 12.8. The Morgan fingerprint density at radius 2 is 1.94 bits per heavy atom. The lowest BCUT2D eigenvalue weighted by Crippen LogP contribution is -2.28. The zero-order chi connectivity index (χ0) is 22.8. The van der Waals surface area contributed by atoms with Gasteiger partial charge in [-0.25, -0.2) is 0 Å². The van der Waals surface area contributed by atoms with E-state index < -0.39 is 36.1 Å². The highest BCUT2D eigenvalue weighted by atomic mass is 35.5. The highest BCUT2D eigenvalue weighted by Gasteiger charge is 2.37. The summed E-state index contributed by atoms with van der Waals surface area (Å²) in [5.41, 5.74) is 0.339. The maximum absolute atomic E-state index is 12.8. The van der Waals surface area contributed by atoms with Gasteiger partial charge in [0.25, 0.3) is 5.91 Å². The van der Waals surface area contributed by atoms with Gasteiger partial charge < -0.3 is 15.0 Å². The van der Waals surface area contributed by atoms with Gasteiger partial charge in [0.15, 0.2) is 6.61 Å². The standard InChI is InChI=1S/C21H18ClF3N2O4/c1-12-4-2-3-5-17(12)27-10-13(8-19(27)29)20(30)31-11-18(28)26-16-9-14(21(23,24)25)6-7-15(16)22/h2-7,9,13H,8,10-11H2,1H3,(H,26,28)/t13-/m1/s1. The molecule has 2 aromatic rings. The molecule has 0 aromatic heterocycles. The van der Waals surface area contributed by atoms with Gasteiger partial charge in [0, 0.05) is 18.7 Å². The van der Waals surface area contributed by atoms with Gasteiger partial charge in [0.05, 0.1) is 22.2 Å². The second-order valence-electron chi connectivity index (χ2n) is 7.04. The maximum Gasteiger partial charge on any atom is 0.416 e. The van der Waals surface area contributed by atoms with Crippen LogP contribution in [0.3, 0.4) is 0 Å². The van der Waals surface area contributed by atoms with Crippen molar-refractivity contribution in [3.8, 4) is 0 Å². The molecule has 1 fully saturated rings. The third-order valence-corrected chi connectivity index (χ3v) is 5.11. The van der Waals surface area contributed by atoms with E-state index >= 15 is 0 Å². The minimum Gasteiger partial charge on any atom is -0.455 e. The average Bonchev–Trinajstić information content (AvgIpc) is 3.09. The van der Waals surface area contributed by atoms with E-state index in [1.54, 1.807) is 12.1 Å². The number of para-hydroxylation sites is 1. The van der Waals surface area contributed by atoms with Gasteiger partial charge in [-0.2, -0.15) is 13.2 Å². The monoisotopic (exact) mass is 454 g/mol. The normalized spacial score (nSPS) is 16.4. The Balaban J connectivity index is 1.57. The van der Waals surface area contributed by atoms with Crippen LogP contribution in [0.15, 0.2) is 42.5 Å². The molecule has 1 heterocycles. The largest absolute Gasteiger partial charge is 0.455 e. The molecule has 1 aliphatic rings. The average molecular weight is 455 g/mol. The number of anilines is 2. The van der Waals surface area contributed by atoms with Crippen molar-refractivity contribution in [2.24, 2.45) is 5.92 Å². The summed E-state index contributed by atoms with van der Waals surface area (Å²) < 4.78 is 43.4. The first kappa shape index (κ1) is 22.6. The minimum atomic E-state index is -4.60. The summed E-state index contributed by atoms with van der Waals surface area (Å²) in [6.45, 7) is 1.24. The molecule has 31 heavy (non-hydrogen) atoms. The summed E-state index contributed by atoms with van der Waals surface area (Å²) in [6.07, 6.45) is -4.66. The lowest BCUT2D eigenvalue weighted by molar-refractivity contribution is -0.151. The van der Waals surface area contributed by atoms with Crippen molar-refractivity contribution in [2.45, 2.75) is 19.5 Å². The molecule has 0 saturated carbocycles. The molecule has 10 heteroatoms. The number of hydrogen-bond acceptors (Lipinski definition) is 4. The van der Waals surface area contributed by atoms with E-state index in [1.165, 1.54) is 4.90 Å². The van der Waals surface area contributed by atoms with Crippen LogP contribution in [-0.2, 0) is 25.3 Å². The highest BCUT2D eigenvalue weighted by Crippen LogP contribution is 2.34. The molecule has 2 amide bonds. The number of carbonyl (C=O) groups excluding carboxylic acids is 3. The quantitative estimate of drug-likeness (QED) is 0.687. The smallest absolute Gasteiger partial charge is 0.416 e. The van der Waals surface area contributed by atoms with E-state index in [0.29, 0.717) is 11.8 Å². The Morgan fingerprint density at radius 3 is 2.61 bits per heavy atom. The lowest BCUT2D eigenvalue weighted by atomic mass is 10.1. The molecular formula is C21H18ClF3N2O4. The molecule has 0 bridgehead atoms. The van der Waals surface area contributed by atoms with E-state index in [9.17, 15) is 27.6 Å². The minimum absolute atomic E-state index is 0.0613. The highest BCUT2D eigenvalue weighted by molar-refractivity contribution is 6.33. The van der Waals surface area contributed by atoms with Crippen LogP contribution in [-0.4, -0.2) is 30.9 Å². The van der Waals surface area contributed by atoms with Crippen molar-refractivity contribution in [1.82, 2.24) is 0 Å². The van der Waals surface area contributed by atoms with Crippen molar-refractivity contribution >= 4 is 40.8 Å². The number of rotatable bonds is 5. The number of alkyl halides is 3. The first-order valence-electron chi connectivity index (χ1n) is 9.25. The van der Waals surface area contributed by atoms with Crippen LogP contribution >= 0.6 is 11.6 Å². The summed E-state index contributed by atoms with van der Waals surface area (Å²) in [7, 11) is 0. The van der Waals surface area contributed by atoms with Crippen LogP contribution in [0.2, 0.25) is 5.02 Å². The third kappa shape index (κ3) is 5.35. The van der Waals surface area contributed by atoms with Gasteiger partial charge in [-0.1, -0.05) is 29.8 Å². The molecule has 2 aromatic carbocycles. The van der Waals surface area contributed by atoms with Crippen LogP contribution in [0.1, 0.15) is 17.5 Å². The topological polar surface area (TPSA) is 75.7 Å². The number of hydrogen-bond donors (Lipinski definition) is 1. The Hall–Kier alpha value is -3.07. The van der Waals surface area contributed by atoms with Crippen molar-refractivity contribution in [1.29, 1.82) is 0 Å². The predicted octanol–water partition coefficient (Wildman–Crippen LogP) is 4.20. The number of amides is 2. The summed E-state index contributed by atoms with van der Waals surface area (Å²) >= 11 is 5.83. The molecule has 0 unspecified atom stereocenters. The third-order valence-electron chi connectivity index (χ3n) is 4.78. The second-order valence-corrected chi connectivity index (χ2v) is 7.45. The molecule has 1 N–H and O–H groups in total. The van der Waals surface area contributed by atoms with Crippen LogP contribution in [0.4, 0.5) is 24.5 Å². The Kier molecular flexibility index (Phi) is 6.54. The molecule has 0 spiro atoms. The van der Waals surface area contributed by atoms with E-state index in [1.807, 2.05) is 19.1 Å². The summed E-state index contributed by atoms with van der Waals surface area (Å²) in [6, 6.07) is 9.72. The number of aryl methyl sites for hydroxylation is 1. The SMILES string of the molecule is Cc1ccccc1N1C[C@H](C(=O)OCC(=O)Nc2cc(C(F)(F)F)ccc2Cl)CC1=O. The molecule has 0 aliphatic carbocycles. The molecule has 164 valence electrons. The number of nitrogens with one attached hydrogen (secondary N) is 1. The number of benzene rings is 2. The van der Waals surface area contributed by atoms with Gasteiger partial charge in [-0.15, -0.1) is 0 Å². The lowest BCUT2D eigenvalue weighted by Gasteiger charge is -2.18. The van der Waals surface area contributed by atoms with E-state index in [-0.39, 0.29) is 29.6 Å². The fraction of sp³-hybridized carbons (Fsp3) is 0.286. The number of halogens is 4. The first-order chi connectivity index (χ1) is 14.6. The van der Waals surface area contributed by atoms with Crippen molar-refractivity contribution in [2.75, 3.05) is 23.4 Å². The van der Waals surface area contributed by atoms with Crippen molar-refractivity contribution in [3.05, 3.63) is 58.6 Å². The van der Waals surface area contributed by atoms with E-state index in [2.05, 4.69) is 5.32 Å². The zero-order valence-electron chi connectivity index (χ0n) is 16.3. The van der Waals surface area contributed by atoms with Crippen LogP contribution in [0.25, 0.3) is 0 Å². The Bertz CT molecular complexity index is 1030. The van der Waals surface area contributed by atoms with Crippen LogP contribution in [0.5, 0.6) is 0 Å². The van der Waals surface area contributed by atoms with Crippen LogP contribution < -0.4 is 10.2 Å². The van der Waals surface area contributed by atoms with Gasteiger partial charge in [-0.05, 0) is 36.8 Å². The van der Waals surface area contributed by atoms with E-state index in [0.717, 1.165) is 17.7 Å².